The molecule has 5 heteroatoms. The zero-order valence-corrected chi connectivity index (χ0v) is 9.90. The SMILES string of the molecule is CC(=O)Nc1cnc(-c2ccccc2Cl)cn1. The quantitative estimate of drug-likeness (QED) is 0.888. The van der Waals surface area contributed by atoms with Gasteiger partial charge in [0.15, 0.2) is 5.82 Å². The van der Waals surface area contributed by atoms with E-state index in [-0.39, 0.29) is 5.91 Å². The van der Waals surface area contributed by atoms with Crippen LogP contribution in [0.1, 0.15) is 6.92 Å². The molecule has 0 atom stereocenters. The van der Waals surface area contributed by atoms with Crippen LogP contribution in [0.4, 0.5) is 5.82 Å². The molecule has 2 rings (SSSR count). The molecule has 1 amide bonds. The van der Waals surface area contributed by atoms with E-state index in [4.69, 9.17) is 11.6 Å². The van der Waals surface area contributed by atoms with Crippen LogP contribution >= 0.6 is 11.6 Å². The fourth-order valence-electron chi connectivity index (χ4n) is 1.38. The van der Waals surface area contributed by atoms with Crippen LogP contribution in [-0.4, -0.2) is 15.9 Å². The van der Waals surface area contributed by atoms with E-state index in [2.05, 4.69) is 15.3 Å². The summed E-state index contributed by atoms with van der Waals surface area (Å²) in [5.41, 5.74) is 1.49. The number of nitrogens with zero attached hydrogens (tertiary/aromatic N) is 2. The van der Waals surface area contributed by atoms with Gasteiger partial charge in [-0.1, -0.05) is 29.8 Å². The molecule has 17 heavy (non-hydrogen) atoms. The monoisotopic (exact) mass is 247 g/mol. The summed E-state index contributed by atoms with van der Waals surface area (Å²) >= 11 is 6.05. The smallest absolute Gasteiger partial charge is 0.222 e. The number of carbonyl (C=O) groups is 1. The number of halogens is 1. The van der Waals surface area contributed by atoms with Gasteiger partial charge in [-0.15, -0.1) is 0 Å². The number of hydrogen-bond donors (Lipinski definition) is 1. The highest BCUT2D eigenvalue weighted by atomic mass is 35.5. The fraction of sp³-hybridized carbons (Fsp3) is 0.0833. The van der Waals surface area contributed by atoms with Crippen LogP contribution in [0, 0.1) is 0 Å². The molecule has 0 aliphatic rings. The largest absolute Gasteiger partial charge is 0.310 e. The van der Waals surface area contributed by atoms with Gasteiger partial charge in [-0.2, -0.15) is 0 Å². The molecule has 0 bridgehead atoms. The highest BCUT2D eigenvalue weighted by Crippen LogP contribution is 2.25. The third-order valence-electron chi connectivity index (χ3n) is 2.11. The lowest BCUT2D eigenvalue weighted by atomic mass is 10.2. The van der Waals surface area contributed by atoms with Crippen molar-refractivity contribution in [1.82, 2.24) is 9.97 Å². The van der Waals surface area contributed by atoms with Crippen LogP contribution in [0.2, 0.25) is 5.02 Å². The first-order valence-electron chi connectivity index (χ1n) is 5.01. The molecule has 1 aromatic carbocycles. The maximum absolute atomic E-state index is 10.8. The van der Waals surface area contributed by atoms with Crippen molar-refractivity contribution in [3.63, 3.8) is 0 Å². The molecule has 1 aromatic heterocycles. The summed E-state index contributed by atoms with van der Waals surface area (Å²) in [5, 5.41) is 3.17. The Bertz CT molecular complexity index is 540. The van der Waals surface area contributed by atoms with Crippen LogP contribution in [0.25, 0.3) is 11.3 Å². The van der Waals surface area contributed by atoms with Crippen LogP contribution in [0.15, 0.2) is 36.7 Å². The summed E-state index contributed by atoms with van der Waals surface area (Å²) < 4.78 is 0. The second-order valence-electron chi connectivity index (χ2n) is 3.45. The van der Waals surface area contributed by atoms with Gasteiger partial charge in [0.05, 0.1) is 23.1 Å². The second kappa shape index (κ2) is 4.93. The average Bonchev–Trinajstić information content (AvgIpc) is 2.30. The van der Waals surface area contributed by atoms with E-state index >= 15 is 0 Å². The number of hydrogen-bond acceptors (Lipinski definition) is 3. The minimum Gasteiger partial charge on any atom is -0.310 e. The van der Waals surface area contributed by atoms with E-state index in [1.807, 2.05) is 18.2 Å². The molecule has 0 aliphatic carbocycles. The van der Waals surface area contributed by atoms with E-state index in [0.717, 1.165) is 5.56 Å². The molecule has 4 nitrogen and oxygen atoms in total. The molecule has 1 heterocycles. The van der Waals surface area contributed by atoms with Gasteiger partial charge in [0.2, 0.25) is 5.91 Å². The number of rotatable bonds is 2. The summed E-state index contributed by atoms with van der Waals surface area (Å²) in [5.74, 6) is 0.248. The fourth-order valence-corrected chi connectivity index (χ4v) is 1.61. The molecule has 0 saturated carbocycles. The molecule has 0 fully saturated rings. The first-order valence-corrected chi connectivity index (χ1v) is 5.39. The van der Waals surface area contributed by atoms with Gasteiger partial charge in [0, 0.05) is 12.5 Å². The van der Waals surface area contributed by atoms with Crippen molar-refractivity contribution >= 4 is 23.3 Å². The third-order valence-corrected chi connectivity index (χ3v) is 2.44. The lowest BCUT2D eigenvalue weighted by Gasteiger charge is -2.04. The minimum atomic E-state index is -0.176. The second-order valence-corrected chi connectivity index (χ2v) is 3.86. The number of nitrogens with one attached hydrogen (secondary N) is 1. The Morgan fingerprint density at radius 2 is 2.00 bits per heavy atom. The molecule has 0 saturated heterocycles. The maximum atomic E-state index is 10.8. The summed E-state index contributed by atoms with van der Waals surface area (Å²) in [7, 11) is 0. The normalized spacial score (nSPS) is 10.0. The Hall–Kier alpha value is -1.94. The van der Waals surface area contributed by atoms with Crippen LogP contribution in [0.5, 0.6) is 0 Å². The van der Waals surface area contributed by atoms with Crippen molar-refractivity contribution < 1.29 is 4.79 Å². The molecule has 0 aliphatic heterocycles. The van der Waals surface area contributed by atoms with Gasteiger partial charge in [-0.25, -0.2) is 4.98 Å². The van der Waals surface area contributed by atoms with E-state index in [9.17, 15) is 4.79 Å². The van der Waals surface area contributed by atoms with Crippen molar-refractivity contribution in [1.29, 1.82) is 0 Å². The summed E-state index contributed by atoms with van der Waals surface area (Å²) in [4.78, 5) is 19.1. The van der Waals surface area contributed by atoms with Crippen LogP contribution in [0.3, 0.4) is 0 Å². The highest BCUT2D eigenvalue weighted by Gasteiger charge is 2.05. The van der Waals surface area contributed by atoms with Gasteiger partial charge < -0.3 is 5.32 Å². The summed E-state index contributed by atoms with van der Waals surface area (Å²) in [6, 6.07) is 7.39. The van der Waals surface area contributed by atoms with Crippen LogP contribution in [-0.2, 0) is 4.79 Å². The number of carbonyl (C=O) groups excluding carboxylic acids is 1. The van der Waals surface area contributed by atoms with Gasteiger partial charge in [0.25, 0.3) is 0 Å². The van der Waals surface area contributed by atoms with Crippen molar-refractivity contribution in [2.45, 2.75) is 6.92 Å². The maximum Gasteiger partial charge on any atom is 0.222 e. The zero-order chi connectivity index (χ0) is 12.3. The van der Waals surface area contributed by atoms with Gasteiger partial charge in [0.1, 0.15) is 0 Å². The number of anilines is 1. The number of aromatic nitrogens is 2. The van der Waals surface area contributed by atoms with Crippen LogP contribution < -0.4 is 5.32 Å². The minimum absolute atomic E-state index is 0.176. The Labute approximate surface area is 104 Å². The topological polar surface area (TPSA) is 54.9 Å². The Morgan fingerprint density at radius 3 is 2.59 bits per heavy atom. The van der Waals surface area contributed by atoms with E-state index in [1.54, 1.807) is 12.3 Å². The van der Waals surface area contributed by atoms with Crippen molar-refractivity contribution in [3.8, 4) is 11.3 Å². The van der Waals surface area contributed by atoms with E-state index < -0.39 is 0 Å². The standard InChI is InChI=1S/C12H10ClN3O/c1-8(17)16-12-7-14-11(6-15-12)9-4-2-3-5-10(9)13/h2-7H,1H3,(H,15,16,17). The Balaban J connectivity index is 2.30. The molecular formula is C12H10ClN3O. The number of benzene rings is 1. The zero-order valence-electron chi connectivity index (χ0n) is 9.14. The predicted octanol–water partition coefficient (Wildman–Crippen LogP) is 2.76. The first kappa shape index (κ1) is 11.5. The lowest BCUT2D eigenvalue weighted by molar-refractivity contribution is -0.114. The number of amides is 1. The molecule has 86 valence electrons. The van der Waals surface area contributed by atoms with Crippen molar-refractivity contribution in [2.75, 3.05) is 5.32 Å². The lowest BCUT2D eigenvalue weighted by Crippen LogP contribution is -2.07. The van der Waals surface area contributed by atoms with E-state index in [1.165, 1.54) is 13.1 Å². The molecule has 0 radical (unpaired) electrons. The van der Waals surface area contributed by atoms with Crippen molar-refractivity contribution in [2.24, 2.45) is 0 Å². The Morgan fingerprint density at radius 1 is 1.24 bits per heavy atom. The first-order chi connectivity index (χ1) is 8.16. The summed E-state index contributed by atoms with van der Waals surface area (Å²) in [6.07, 6.45) is 3.08. The third kappa shape index (κ3) is 2.79. The molecule has 1 N–H and O–H groups in total. The molecule has 2 aromatic rings. The summed E-state index contributed by atoms with van der Waals surface area (Å²) in [6.45, 7) is 1.42. The Kier molecular flexibility index (Phi) is 3.35. The van der Waals surface area contributed by atoms with Crippen molar-refractivity contribution in [3.05, 3.63) is 41.7 Å². The average molecular weight is 248 g/mol. The molecular weight excluding hydrogens is 238 g/mol. The van der Waals surface area contributed by atoms with Gasteiger partial charge >= 0.3 is 0 Å². The molecule has 0 unspecified atom stereocenters. The van der Waals surface area contributed by atoms with Gasteiger partial charge in [-0.3, -0.25) is 9.78 Å². The van der Waals surface area contributed by atoms with E-state index in [0.29, 0.717) is 16.5 Å². The van der Waals surface area contributed by atoms with Gasteiger partial charge in [-0.05, 0) is 6.07 Å². The predicted molar refractivity (Wildman–Crippen MR) is 66.8 cm³/mol. The molecule has 0 spiro atoms. The highest BCUT2D eigenvalue weighted by molar-refractivity contribution is 6.33.